The summed E-state index contributed by atoms with van der Waals surface area (Å²) in [5, 5.41) is 0. The van der Waals surface area contributed by atoms with E-state index in [4.69, 9.17) is 5.73 Å². The minimum atomic E-state index is -0.164. The molecule has 0 heterocycles. The Balaban J connectivity index is 3.78. The van der Waals surface area contributed by atoms with Crippen LogP contribution in [0.1, 0.15) is 33.1 Å². The van der Waals surface area contributed by atoms with Crippen LogP contribution in [0.2, 0.25) is 0 Å². The predicted octanol–water partition coefficient (Wildman–Crippen LogP) is 0.999. The molecule has 0 rings (SSSR count). The Labute approximate surface area is 92.8 Å². The van der Waals surface area contributed by atoms with Crippen LogP contribution in [0.3, 0.4) is 0 Å². The van der Waals surface area contributed by atoms with Crippen molar-refractivity contribution in [2.24, 2.45) is 5.73 Å². The normalized spacial score (nSPS) is 11.1. The molecule has 0 aliphatic carbocycles. The molecule has 2 N–H and O–H groups in total. The van der Waals surface area contributed by atoms with Crippen LogP contribution in [0.15, 0.2) is 0 Å². The molecule has 90 valence electrons. The van der Waals surface area contributed by atoms with E-state index in [9.17, 15) is 4.79 Å². The fourth-order valence-electron chi connectivity index (χ4n) is 1.39. The Hall–Kier alpha value is -0.610. The molecular formula is C11H24N2O2. The SMILES string of the molecule is COC(=O)CN(CCCCCN)C(C)C. The highest BCUT2D eigenvalue weighted by Crippen LogP contribution is 2.03. The van der Waals surface area contributed by atoms with Gasteiger partial charge in [-0.2, -0.15) is 0 Å². The van der Waals surface area contributed by atoms with Crippen molar-refractivity contribution in [3.63, 3.8) is 0 Å². The lowest BCUT2D eigenvalue weighted by Crippen LogP contribution is -2.36. The molecule has 0 aliphatic heterocycles. The fraction of sp³-hybridized carbons (Fsp3) is 0.909. The molecule has 0 fully saturated rings. The number of nitrogens with zero attached hydrogens (tertiary/aromatic N) is 1. The molecule has 4 heteroatoms. The highest BCUT2D eigenvalue weighted by molar-refractivity contribution is 5.71. The molecule has 4 nitrogen and oxygen atoms in total. The quantitative estimate of drug-likeness (QED) is 0.486. The smallest absolute Gasteiger partial charge is 0.319 e. The van der Waals surface area contributed by atoms with E-state index < -0.39 is 0 Å². The van der Waals surface area contributed by atoms with Crippen LogP contribution >= 0.6 is 0 Å². The summed E-state index contributed by atoms with van der Waals surface area (Å²) in [4.78, 5) is 13.3. The van der Waals surface area contributed by atoms with Crippen molar-refractivity contribution in [2.45, 2.75) is 39.2 Å². The molecule has 0 atom stereocenters. The zero-order valence-electron chi connectivity index (χ0n) is 10.2. The van der Waals surface area contributed by atoms with E-state index in [0.29, 0.717) is 12.6 Å². The Bertz CT molecular complexity index is 172. The van der Waals surface area contributed by atoms with Crippen LogP contribution in [-0.2, 0) is 9.53 Å². The van der Waals surface area contributed by atoms with E-state index in [2.05, 4.69) is 23.5 Å². The van der Waals surface area contributed by atoms with Gasteiger partial charge in [-0.05, 0) is 39.8 Å². The molecule has 0 aromatic heterocycles. The van der Waals surface area contributed by atoms with Gasteiger partial charge in [0.1, 0.15) is 0 Å². The lowest BCUT2D eigenvalue weighted by atomic mass is 10.2. The number of nitrogens with two attached hydrogens (primary N) is 1. The van der Waals surface area contributed by atoms with Crippen LogP contribution in [0, 0.1) is 0 Å². The van der Waals surface area contributed by atoms with Crippen LogP contribution in [0.25, 0.3) is 0 Å². The van der Waals surface area contributed by atoms with Crippen LogP contribution in [-0.4, -0.2) is 43.7 Å². The lowest BCUT2D eigenvalue weighted by molar-refractivity contribution is -0.142. The van der Waals surface area contributed by atoms with Crippen molar-refractivity contribution < 1.29 is 9.53 Å². The van der Waals surface area contributed by atoms with Gasteiger partial charge >= 0.3 is 5.97 Å². The highest BCUT2D eigenvalue weighted by Gasteiger charge is 2.13. The minimum absolute atomic E-state index is 0.164. The monoisotopic (exact) mass is 216 g/mol. The fourth-order valence-corrected chi connectivity index (χ4v) is 1.39. The molecule has 0 aromatic carbocycles. The van der Waals surface area contributed by atoms with E-state index >= 15 is 0 Å². The predicted molar refractivity (Wildman–Crippen MR) is 61.6 cm³/mol. The second-order valence-corrected chi connectivity index (χ2v) is 3.99. The standard InChI is InChI=1S/C11H24N2O2/c1-10(2)13(9-11(14)15-3)8-6-4-5-7-12/h10H,4-9,12H2,1-3H3. The molecule has 0 aliphatic rings. The number of unbranched alkanes of at least 4 members (excludes halogenated alkanes) is 2. The molecular weight excluding hydrogens is 192 g/mol. The minimum Gasteiger partial charge on any atom is -0.468 e. The zero-order valence-corrected chi connectivity index (χ0v) is 10.2. The molecule has 0 aromatic rings. The van der Waals surface area contributed by atoms with E-state index in [-0.39, 0.29) is 5.97 Å². The van der Waals surface area contributed by atoms with E-state index in [1.165, 1.54) is 7.11 Å². The van der Waals surface area contributed by atoms with E-state index in [1.807, 2.05) is 0 Å². The first-order valence-electron chi connectivity index (χ1n) is 5.62. The third-order valence-electron chi connectivity index (χ3n) is 2.44. The average Bonchev–Trinajstić information content (AvgIpc) is 2.21. The summed E-state index contributed by atoms with van der Waals surface area (Å²) in [5.74, 6) is -0.164. The van der Waals surface area contributed by atoms with Gasteiger partial charge in [-0.15, -0.1) is 0 Å². The number of rotatable bonds is 8. The zero-order chi connectivity index (χ0) is 11.7. The van der Waals surface area contributed by atoms with Crippen molar-refractivity contribution in [2.75, 3.05) is 26.7 Å². The lowest BCUT2D eigenvalue weighted by Gasteiger charge is -2.24. The van der Waals surface area contributed by atoms with Gasteiger partial charge in [-0.1, -0.05) is 6.42 Å². The van der Waals surface area contributed by atoms with Gasteiger partial charge in [-0.3, -0.25) is 9.69 Å². The van der Waals surface area contributed by atoms with Crippen LogP contribution in [0.5, 0.6) is 0 Å². The van der Waals surface area contributed by atoms with Gasteiger partial charge in [-0.25, -0.2) is 0 Å². The van der Waals surface area contributed by atoms with Crippen molar-refractivity contribution in [1.82, 2.24) is 4.90 Å². The molecule has 0 bridgehead atoms. The second-order valence-electron chi connectivity index (χ2n) is 3.99. The molecule has 0 radical (unpaired) electrons. The number of ether oxygens (including phenoxy) is 1. The first-order valence-corrected chi connectivity index (χ1v) is 5.62. The van der Waals surface area contributed by atoms with Crippen LogP contribution < -0.4 is 5.73 Å². The summed E-state index contributed by atoms with van der Waals surface area (Å²) in [6.45, 7) is 6.25. The Morgan fingerprint density at radius 1 is 1.33 bits per heavy atom. The second kappa shape index (κ2) is 8.68. The summed E-state index contributed by atoms with van der Waals surface area (Å²) in [5.41, 5.74) is 5.42. The van der Waals surface area contributed by atoms with Crippen LogP contribution in [0.4, 0.5) is 0 Å². The third kappa shape index (κ3) is 7.33. The van der Waals surface area contributed by atoms with Crippen molar-refractivity contribution in [3.8, 4) is 0 Å². The summed E-state index contributed by atoms with van der Waals surface area (Å²) in [6.07, 6.45) is 3.28. The first-order chi connectivity index (χ1) is 7.11. The number of carbonyl (C=O) groups is 1. The van der Waals surface area contributed by atoms with Crippen molar-refractivity contribution >= 4 is 5.97 Å². The number of hydrogen-bond donors (Lipinski definition) is 1. The largest absolute Gasteiger partial charge is 0.468 e. The van der Waals surface area contributed by atoms with Gasteiger partial charge in [0.05, 0.1) is 13.7 Å². The van der Waals surface area contributed by atoms with Gasteiger partial charge < -0.3 is 10.5 Å². The van der Waals surface area contributed by atoms with E-state index in [1.54, 1.807) is 0 Å². The maximum atomic E-state index is 11.1. The summed E-state index contributed by atoms with van der Waals surface area (Å²) < 4.78 is 4.66. The number of esters is 1. The van der Waals surface area contributed by atoms with Crippen molar-refractivity contribution in [1.29, 1.82) is 0 Å². The molecule has 0 saturated heterocycles. The maximum Gasteiger partial charge on any atom is 0.319 e. The maximum absolute atomic E-state index is 11.1. The van der Waals surface area contributed by atoms with Gasteiger partial charge in [0.15, 0.2) is 0 Å². The van der Waals surface area contributed by atoms with Gasteiger partial charge in [0.25, 0.3) is 0 Å². The highest BCUT2D eigenvalue weighted by atomic mass is 16.5. The summed E-state index contributed by atoms with van der Waals surface area (Å²) >= 11 is 0. The third-order valence-corrected chi connectivity index (χ3v) is 2.44. The first kappa shape index (κ1) is 14.4. The summed E-state index contributed by atoms with van der Waals surface area (Å²) in [7, 11) is 1.43. The molecule has 0 saturated carbocycles. The van der Waals surface area contributed by atoms with Gasteiger partial charge in [0, 0.05) is 6.04 Å². The molecule has 0 spiro atoms. The number of carbonyl (C=O) groups excluding carboxylic acids is 1. The molecule has 0 unspecified atom stereocenters. The molecule has 15 heavy (non-hydrogen) atoms. The Kier molecular flexibility index (Phi) is 8.33. The summed E-state index contributed by atoms with van der Waals surface area (Å²) in [6, 6.07) is 0.377. The number of hydrogen-bond acceptors (Lipinski definition) is 4. The topological polar surface area (TPSA) is 55.6 Å². The number of methoxy groups -OCH3 is 1. The van der Waals surface area contributed by atoms with Crippen molar-refractivity contribution in [3.05, 3.63) is 0 Å². The Morgan fingerprint density at radius 2 is 2.00 bits per heavy atom. The van der Waals surface area contributed by atoms with E-state index in [0.717, 1.165) is 32.4 Å². The Morgan fingerprint density at radius 3 is 2.47 bits per heavy atom. The van der Waals surface area contributed by atoms with Gasteiger partial charge in [0.2, 0.25) is 0 Å². The average molecular weight is 216 g/mol. The molecule has 0 amide bonds.